The first kappa shape index (κ1) is 12.8. The van der Waals surface area contributed by atoms with Crippen molar-refractivity contribution in [3.63, 3.8) is 0 Å². The number of rotatable bonds is 5. The molecule has 1 aromatic carbocycles. The maximum Gasteiger partial charge on any atom is 0.123 e. The molecule has 2 rings (SSSR count). The summed E-state index contributed by atoms with van der Waals surface area (Å²) in [5, 5.41) is 7.66. The minimum Gasteiger partial charge on any atom is -0.305 e. The van der Waals surface area contributed by atoms with Gasteiger partial charge in [-0.25, -0.2) is 4.39 Å². The van der Waals surface area contributed by atoms with Crippen molar-refractivity contribution in [1.82, 2.24) is 15.1 Å². The molecule has 1 unspecified atom stereocenters. The second kappa shape index (κ2) is 5.78. The Kier molecular flexibility index (Phi) is 4.10. The number of nitrogens with zero attached hydrogens (tertiary/aromatic N) is 2. The standard InChI is InChI=1S/C14H18FN3/c1-3-18-14(8-9-17-18)11(2)16-10-12-4-6-13(15)7-5-12/h4-9,11,16H,3,10H2,1-2H3. The molecule has 1 heterocycles. The monoisotopic (exact) mass is 247 g/mol. The predicted molar refractivity (Wildman–Crippen MR) is 69.6 cm³/mol. The fourth-order valence-electron chi connectivity index (χ4n) is 1.95. The first-order valence-electron chi connectivity index (χ1n) is 6.20. The van der Waals surface area contributed by atoms with E-state index in [0.29, 0.717) is 0 Å². The summed E-state index contributed by atoms with van der Waals surface area (Å²) in [6, 6.07) is 8.80. The van der Waals surface area contributed by atoms with E-state index in [1.165, 1.54) is 17.8 Å². The molecule has 4 heteroatoms. The van der Waals surface area contributed by atoms with Gasteiger partial charge in [0.1, 0.15) is 5.82 Å². The fraction of sp³-hybridized carbons (Fsp3) is 0.357. The lowest BCUT2D eigenvalue weighted by atomic mass is 10.2. The van der Waals surface area contributed by atoms with Crippen molar-refractivity contribution < 1.29 is 4.39 Å². The zero-order valence-corrected chi connectivity index (χ0v) is 10.7. The number of halogens is 1. The third-order valence-corrected chi connectivity index (χ3v) is 3.02. The molecule has 0 saturated heterocycles. The van der Waals surface area contributed by atoms with Gasteiger partial charge in [0.2, 0.25) is 0 Å². The normalized spacial score (nSPS) is 12.6. The lowest BCUT2D eigenvalue weighted by Gasteiger charge is -2.15. The average Bonchev–Trinajstić information content (AvgIpc) is 2.86. The average molecular weight is 247 g/mol. The lowest BCUT2D eigenvalue weighted by molar-refractivity contribution is 0.509. The van der Waals surface area contributed by atoms with Crippen LogP contribution in [0.1, 0.15) is 31.1 Å². The van der Waals surface area contributed by atoms with Crippen LogP contribution in [0.4, 0.5) is 4.39 Å². The highest BCUT2D eigenvalue weighted by molar-refractivity contribution is 5.16. The number of hydrogen-bond acceptors (Lipinski definition) is 2. The summed E-state index contributed by atoms with van der Waals surface area (Å²) in [5.74, 6) is -0.198. The van der Waals surface area contributed by atoms with Gasteiger partial charge in [-0.1, -0.05) is 12.1 Å². The Bertz CT molecular complexity index is 490. The van der Waals surface area contributed by atoms with E-state index in [4.69, 9.17) is 0 Å². The molecule has 0 aliphatic rings. The largest absolute Gasteiger partial charge is 0.305 e. The second-order valence-electron chi connectivity index (χ2n) is 4.30. The predicted octanol–water partition coefficient (Wildman–Crippen LogP) is 2.89. The molecule has 0 amide bonds. The van der Waals surface area contributed by atoms with Gasteiger partial charge in [0.05, 0.1) is 5.69 Å². The van der Waals surface area contributed by atoms with Gasteiger partial charge in [-0.05, 0) is 37.6 Å². The summed E-state index contributed by atoms with van der Waals surface area (Å²) >= 11 is 0. The van der Waals surface area contributed by atoms with E-state index < -0.39 is 0 Å². The van der Waals surface area contributed by atoms with Gasteiger partial charge in [-0.2, -0.15) is 5.10 Å². The van der Waals surface area contributed by atoms with Crippen molar-refractivity contribution in [2.45, 2.75) is 33.0 Å². The molecule has 0 spiro atoms. The molecular formula is C14H18FN3. The van der Waals surface area contributed by atoms with Crippen molar-refractivity contribution in [3.8, 4) is 0 Å². The van der Waals surface area contributed by atoms with Gasteiger partial charge in [-0.3, -0.25) is 4.68 Å². The molecule has 0 aliphatic heterocycles. The third-order valence-electron chi connectivity index (χ3n) is 3.02. The molecule has 0 saturated carbocycles. The Morgan fingerprint density at radius 2 is 2.00 bits per heavy atom. The fourth-order valence-corrected chi connectivity index (χ4v) is 1.95. The molecular weight excluding hydrogens is 229 g/mol. The van der Waals surface area contributed by atoms with Crippen LogP contribution in [0, 0.1) is 5.82 Å². The Labute approximate surface area is 107 Å². The van der Waals surface area contributed by atoms with Crippen molar-refractivity contribution in [2.75, 3.05) is 0 Å². The van der Waals surface area contributed by atoms with Gasteiger partial charge in [0, 0.05) is 25.3 Å². The molecule has 0 bridgehead atoms. The molecule has 96 valence electrons. The molecule has 0 aliphatic carbocycles. The van der Waals surface area contributed by atoms with E-state index in [9.17, 15) is 4.39 Å². The summed E-state index contributed by atoms with van der Waals surface area (Å²) in [7, 11) is 0. The van der Waals surface area contributed by atoms with E-state index in [1.54, 1.807) is 12.1 Å². The van der Waals surface area contributed by atoms with E-state index in [0.717, 1.165) is 18.7 Å². The van der Waals surface area contributed by atoms with Crippen LogP contribution in [0.5, 0.6) is 0 Å². The highest BCUT2D eigenvalue weighted by Crippen LogP contribution is 2.12. The van der Waals surface area contributed by atoms with Crippen molar-refractivity contribution in [1.29, 1.82) is 0 Å². The summed E-state index contributed by atoms with van der Waals surface area (Å²) in [6.07, 6.45) is 1.81. The van der Waals surface area contributed by atoms with Gasteiger partial charge in [0.25, 0.3) is 0 Å². The third kappa shape index (κ3) is 2.96. The Morgan fingerprint density at radius 1 is 1.28 bits per heavy atom. The first-order chi connectivity index (χ1) is 8.70. The maximum atomic E-state index is 12.8. The van der Waals surface area contributed by atoms with Crippen LogP contribution in [0.25, 0.3) is 0 Å². The Balaban J connectivity index is 1.96. The second-order valence-corrected chi connectivity index (χ2v) is 4.30. The van der Waals surface area contributed by atoms with Crippen molar-refractivity contribution >= 4 is 0 Å². The van der Waals surface area contributed by atoms with Crippen molar-refractivity contribution in [3.05, 3.63) is 53.6 Å². The summed E-state index contributed by atoms with van der Waals surface area (Å²) in [4.78, 5) is 0. The summed E-state index contributed by atoms with van der Waals surface area (Å²) in [5.41, 5.74) is 2.24. The van der Waals surface area contributed by atoms with Gasteiger partial charge in [-0.15, -0.1) is 0 Å². The van der Waals surface area contributed by atoms with Crippen LogP contribution >= 0.6 is 0 Å². The van der Waals surface area contributed by atoms with E-state index in [2.05, 4.69) is 24.3 Å². The van der Waals surface area contributed by atoms with E-state index >= 15 is 0 Å². The van der Waals surface area contributed by atoms with Gasteiger partial charge >= 0.3 is 0 Å². The molecule has 1 N–H and O–H groups in total. The lowest BCUT2D eigenvalue weighted by Crippen LogP contribution is -2.21. The highest BCUT2D eigenvalue weighted by atomic mass is 19.1. The minimum absolute atomic E-state index is 0.198. The Morgan fingerprint density at radius 3 is 2.67 bits per heavy atom. The molecule has 18 heavy (non-hydrogen) atoms. The molecule has 3 nitrogen and oxygen atoms in total. The van der Waals surface area contributed by atoms with Crippen LogP contribution in [0.2, 0.25) is 0 Å². The Hall–Kier alpha value is -1.68. The highest BCUT2D eigenvalue weighted by Gasteiger charge is 2.09. The van der Waals surface area contributed by atoms with Crippen molar-refractivity contribution in [2.24, 2.45) is 0 Å². The van der Waals surface area contributed by atoms with Gasteiger partial charge in [0.15, 0.2) is 0 Å². The number of benzene rings is 1. The smallest absolute Gasteiger partial charge is 0.123 e. The van der Waals surface area contributed by atoms with Crippen LogP contribution in [0.3, 0.4) is 0 Å². The zero-order chi connectivity index (χ0) is 13.0. The molecule has 1 aromatic heterocycles. The van der Waals surface area contributed by atoms with Crippen LogP contribution in [0.15, 0.2) is 36.5 Å². The van der Waals surface area contributed by atoms with Crippen LogP contribution < -0.4 is 5.32 Å². The van der Waals surface area contributed by atoms with Crippen LogP contribution in [-0.4, -0.2) is 9.78 Å². The number of hydrogen-bond donors (Lipinski definition) is 1. The number of nitrogens with one attached hydrogen (secondary N) is 1. The zero-order valence-electron chi connectivity index (χ0n) is 10.7. The molecule has 1 atom stereocenters. The molecule has 0 fully saturated rings. The SMILES string of the molecule is CCn1nccc1C(C)NCc1ccc(F)cc1. The minimum atomic E-state index is -0.198. The van der Waals surface area contributed by atoms with E-state index in [-0.39, 0.29) is 11.9 Å². The van der Waals surface area contributed by atoms with E-state index in [1.807, 2.05) is 16.9 Å². The number of aromatic nitrogens is 2. The topological polar surface area (TPSA) is 29.9 Å². The number of aryl methyl sites for hydroxylation is 1. The maximum absolute atomic E-state index is 12.8. The molecule has 0 radical (unpaired) electrons. The quantitative estimate of drug-likeness (QED) is 0.880. The van der Waals surface area contributed by atoms with Gasteiger partial charge < -0.3 is 5.32 Å². The molecule has 2 aromatic rings. The summed E-state index contributed by atoms with van der Waals surface area (Å²) in [6.45, 7) is 5.76. The first-order valence-corrected chi connectivity index (χ1v) is 6.20. The van der Waals surface area contributed by atoms with Crippen LogP contribution in [-0.2, 0) is 13.1 Å². The summed E-state index contributed by atoms with van der Waals surface area (Å²) < 4.78 is 14.8.